The van der Waals surface area contributed by atoms with E-state index in [-0.39, 0.29) is 0 Å². The molecule has 0 unspecified atom stereocenters. The summed E-state index contributed by atoms with van der Waals surface area (Å²) in [4.78, 5) is 1.56. The van der Waals surface area contributed by atoms with Gasteiger partial charge in [-0.25, -0.2) is 0 Å². The molecule has 1 fully saturated rings. The maximum absolute atomic E-state index is 2.60. The van der Waals surface area contributed by atoms with Gasteiger partial charge in [-0.1, -0.05) is 6.92 Å². The Hall–Kier alpha value is -0.0800. The lowest BCUT2D eigenvalue weighted by Crippen LogP contribution is -3.08. The smallest absolute Gasteiger partial charge is 0.0873 e. The summed E-state index contributed by atoms with van der Waals surface area (Å²) >= 11 is 0. The predicted octanol–water partition coefficient (Wildman–Crippen LogP) is -0.0909. The van der Waals surface area contributed by atoms with Crippen molar-refractivity contribution >= 4 is 0 Å². The van der Waals surface area contributed by atoms with E-state index >= 15 is 0 Å². The molecule has 2 atom stereocenters. The summed E-state index contributed by atoms with van der Waals surface area (Å²) in [6.07, 6.45) is 4.32. The first kappa shape index (κ1) is 13.0. The fourth-order valence-corrected chi connectivity index (χ4v) is 2.98. The van der Waals surface area contributed by atoms with Gasteiger partial charge in [0.1, 0.15) is 0 Å². The highest BCUT2D eigenvalue weighted by atomic mass is 15.1. The largest absolute Gasteiger partial charge is 0.343 e. The lowest BCUT2D eigenvalue weighted by molar-refractivity contribution is -0.869. The molecule has 0 spiro atoms. The van der Waals surface area contributed by atoms with Crippen molar-refractivity contribution in [2.75, 3.05) is 27.2 Å². The summed E-state index contributed by atoms with van der Waals surface area (Å²) in [5.41, 5.74) is 0.477. The van der Waals surface area contributed by atoms with Gasteiger partial charge in [-0.15, -0.1) is 0 Å². The molecule has 1 aliphatic carbocycles. The molecule has 0 aromatic heterocycles. The highest BCUT2D eigenvalue weighted by molar-refractivity contribution is 4.71. The summed E-state index contributed by atoms with van der Waals surface area (Å²) in [5.74, 6) is 0.967. The lowest BCUT2D eigenvalue weighted by Gasteiger charge is -2.25. The molecule has 2 heteroatoms. The third-order valence-corrected chi connectivity index (χ3v) is 3.57. The molecular weight excluding hydrogens is 184 g/mol. The molecule has 0 aromatic rings. The van der Waals surface area contributed by atoms with E-state index in [1.165, 1.54) is 32.4 Å². The van der Waals surface area contributed by atoms with Crippen LogP contribution in [0.5, 0.6) is 0 Å². The summed E-state index contributed by atoms with van der Waals surface area (Å²) in [6.45, 7) is 9.74. The monoisotopic (exact) mass is 214 g/mol. The predicted molar refractivity (Wildman–Crippen MR) is 65.1 cm³/mol. The van der Waals surface area contributed by atoms with Crippen LogP contribution in [0.15, 0.2) is 0 Å². The number of nitrogens with one attached hydrogen (secondary N) is 1. The molecule has 1 saturated carbocycles. The second-order valence-corrected chi connectivity index (χ2v) is 6.67. The van der Waals surface area contributed by atoms with E-state index < -0.39 is 0 Å². The Morgan fingerprint density at radius 1 is 1.27 bits per heavy atom. The maximum Gasteiger partial charge on any atom is 0.0873 e. The van der Waals surface area contributed by atoms with Crippen LogP contribution < -0.4 is 10.2 Å². The van der Waals surface area contributed by atoms with E-state index in [9.17, 15) is 0 Å². The average molecular weight is 214 g/mol. The molecular formula is C13H30N2+2. The Kier molecular flexibility index (Phi) is 4.60. The van der Waals surface area contributed by atoms with Crippen LogP contribution in [0.1, 0.15) is 40.0 Å². The molecule has 15 heavy (non-hydrogen) atoms. The van der Waals surface area contributed by atoms with Gasteiger partial charge in [-0.3, -0.25) is 0 Å². The normalized spacial score (nSPS) is 27.6. The van der Waals surface area contributed by atoms with Gasteiger partial charge >= 0.3 is 0 Å². The Bertz CT molecular complexity index is 187. The highest BCUT2D eigenvalue weighted by Gasteiger charge is 2.29. The Balaban J connectivity index is 2.23. The Labute approximate surface area is 95.4 Å². The van der Waals surface area contributed by atoms with E-state index in [1.54, 1.807) is 4.90 Å². The second kappa shape index (κ2) is 5.31. The molecule has 2 nitrogen and oxygen atoms in total. The van der Waals surface area contributed by atoms with Crippen LogP contribution >= 0.6 is 0 Å². The number of hydrogen-bond acceptors (Lipinski definition) is 0. The van der Waals surface area contributed by atoms with Crippen molar-refractivity contribution in [3.05, 3.63) is 0 Å². The molecule has 0 aromatic carbocycles. The van der Waals surface area contributed by atoms with Gasteiger partial charge in [-0.05, 0) is 32.6 Å². The van der Waals surface area contributed by atoms with Crippen LogP contribution in [-0.2, 0) is 0 Å². The summed E-state index contributed by atoms with van der Waals surface area (Å²) in [7, 11) is 4.50. The topological polar surface area (TPSA) is 21.1 Å². The Morgan fingerprint density at radius 3 is 2.40 bits per heavy atom. The van der Waals surface area contributed by atoms with Crippen molar-refractivity contribution in [2.45, 2.75) is 46.1 Å². The fourth-order valence-electron chi connectivity index (χ4n) is 2.98. The minimum absolute atomic E-state index is 0.477. The number of rotatable bonds is 5. The molecule has 0 aliphatic heterocycles. The maximum atomic E-state index is 2.60. The van der Waals surface area contributed by atoms with Crippen LogP contribution in [-0.4, -0.2) is 33.2 Å². The Morgan fingerprint density at radius 2 is 1.93 bits per heavy atom. The van der Waals surface area contributed by atoms with Crippen molar-refractivity contribution in [1.29, 1.82) is 0 Å². The molecule has 0 bridgehead atoms. The van der Waals surface area contributed by atoms with Gasteiger partial charge in [-0.2, -0.15) is 0 Å². The zero-order chi connectivity index (χ0) is 11.5. The minimum Gasteiger partial charge on any atom is -0.343 e. The van der Waals surface area contributed by atoms with Crippen LogP contribution in [0, 0.1) is 11.3 Å². The van der Waals surface area contributed by atoms with Gasteiger partial charge < -0.3 is 10.2 Å². The van der Waals surface area contributed by atoms with E-state index in [0.29, 0.717) is 5.41 Å². The van der Waals surface area contributed by atoms with Crippen molar-refractivity contribution in [3.63, 3.8) is 0 Å². The minimum atomic E-state index is 0.477. The molecule has 1 aliphatic rings. The molecule has 0 heterocycles. The zero-order valence-electron chi connectivity index (χ0n) is 11.3. The fraction of sp³-hybridized carbons (Fsp3) is 1.00. The van der Waals surface area contributed by atoms with Crippen LogP contribution in [0.2, 0.25) is 0 Å². The molecule has 0 radical (unpaired) electrons. The molecule has 3 N–H and O–H groups in total. The van der Waals surface area contributed by atoms with Gasteiger partial charge in [0.15, 0.2) is 0 Å². The van der Waals surface area contributed by atoms with Crippen molar-refractivity contribution in [3.8, 4) is 0 Å². The van der Waals surface area contributed by atoms with Crippen molar-refractivity contribution < 1.29 is 10.2 Å². The highest BCUT2D eigenvalue weighted by Crippen LogP contribution is 2.22. The molecule has 90 valence electrons. The quantitative estimate of drug-likeness (QED) is 0.638. The summed E-state index contributed by atoms with van der Waals surface area (Å²) in [5, 5.41) is 2.60. The number of hydrogen-bond donors (Lipinski definition) is 2. The summed E-state index contributed by atoms with van der Waals surface area (Å²) < 4.78 is 0. The molecule has 0 saturated heterocycles. The first-order chi connectivity index (χ1) is 6.89. The van der Waals surface area contributed by atoms with Crippen molar-refractivity contribution in [2.24, 2.45) is 11.3 Å². The third kappa shape index (κ3) is 4.98. The third-order valence-electron chi connectivity index (χ3n) is 3.57. The van der Waals surface area contributed by atoms with E-state index in [2.05, 4.69) is 40.2 Å². The van der Waals surface area contributed by atoms with E-state index in [4.69, 9.17) is 0 Å². The lowest BCUT2D eigenvalue weighted by atomic mass is 9.92. The number of quaternary nitrogens is 2. The zero-order valence-corrected chi connectivity index (χ0v) is 11.3. The van der Waals surface area contributed by atoms with Crippen LogP contribution in [0.25, 0.3) is 0 Å². The average Bonchev–Trinajstić information content (AvgIpc) is 2.46. The molecule has 1 rings (SSSR count). The van der Waals surface area contributed by atoms with E-state index in [1.807, 2.05) is 0 Å². The van der Waals surface area contributed by atoms with Crippen LogP contribution in [0.3, 0.4) is 0 Å². The van der Waals surface area contributed by atoms with Crippen LogP contribution in [0.4, 0.5) is 0 Å². The van der Waals surface area contributed by atoms with Gasteiger partial charge in [0.25, 0.3) is 0 Å². The van der Waals surface area contributed by atoms with E-state index in [0.717, 1.165) is 12.0 Å². The summed E-state index contributed by atoms with van der Waals surface area (Å²) in [6, 6.07) is 0.913. The van der Waals surface area contributed by atoms with Crippen molar-refractivity contribution in [1.82, 2.24) is 0 Å². The number of nitrogens with two attached hydrogens (primary N) is 1. The first-order valence-electron chi connectivity index (χ1n) is 6.51. The standard InChI is InChI=1S/C13H28N2/c1-11-6-7-12(8-11)14-9-13(2,3)10-15(4)5/h11-12,14H,6-10H2,1-5H3/p+2/t11-,12+/m0/s1. The van der Waals surface area contributed by atoms with Gasteiger partial charge in [0.2, 0.25) is 0 Å². The van der Waals surface area contributed by atoms with Gasteiger partial charge in [0, 0.05) is 6.42 Å². The second-order valence-electron chi connectivity index (χ2n) is 6.67. The molecule has 0 amide bonds. The van der Waals surface area contributed by atoms with Gasteiger partial charge in [0.05, 0.1) is 38.6 Å². The first-order valence-corrected chi connectivity index (χ1v) is 6.51. The SMILES string of the molecule is C[C@H]1CC[C@@H]([NH2+]CC(C)(C)C[NH+](C)C)C1.